The zero-order valence-electron chi connectivity index (χ0n) is 8.36. The highest BCUT2D eigenvalue weighted by Crippen LogP contribution is 2.12. The van der Waals surface area contributed by atoms with Gasteiger partial charge in [0.15, 0.2) is 5.78 Å². The van der Waals surface area contributed by atoms with Crippen molar-refractivity contribution in [3.63, 3.8) is 0 Å². The number of hydrogen-bond donors (Lipinski definition) is 1. The summed E-state index contributed by atoms with van der Waals surface area (Å²) in [4.78, 5) is 15.4. The van der Waals surface area contributed by atoms with E-state index in [2.05, 4.69) is 4.98 Å². The maximum Gasteiger partial charge on any atom is 0.166 e. The summed E-state index contributed by atoms with van der Waals surface area (Å²) in [5.41, 5.74) is 6.07. The molecule has 14 heavy (non-hydrogen) atoms. The van der Waals surface area contributed by atoms with Crippen LogP contribution >= 0.6 is 0 Å². The van der Waals surface area contributed by atoms with Crippen LogP contribution in [0.5, 0.6) is 5.75 Å². The molecule has 76 valence electrons. The third-order valence-electron chi connectivity index (χ3n) is 1.78. The van der Waals surface area contributed by atoms with Gasteiger partial charge in [0.25, 0.3) is 0 Å². The third-order valence-corrected chi connectivity index (χ3v) is 1.78. The molecule has 0 aliphatic carbocycles. The zero-order valence-corrected chi connectivity index (χ0v) is 8.36. The standard InChI is InChI=1S/C10H14N2O2/c1-7(11)3-10(13)8-4-9(14-2)6-12-5-8/h4-7H,3,11H2,1-2H3. The molecule has 1 unspecified atom stereocenters. The molecule has 0 saturated carbocycles. The fourth-order valence-electron chi connectivity index (χ4n) is 1.09. The molecule has 0 aliphatic heterocycles. The Hall–Kier alpha value is -1.42. The van der Waals surface area contributed by atoms with Gasteiger partial charge in [-0.25, -0.2) is 0 Å². The third kappa shape index (κ3) is 2.81. The second-order valence-corrected chi connectivity index (χ2v) is 3.22. The lowest BCUT2D eigenvalue weighted by molar-refractivity contribution is 0.0976. The molecule has 0 fully saturated rings. The van der Waals surface area contributed by atoms with Crippen molar-refractivity contribution in [2.24, 2.45) is 5.73 Å². The van der Waals surface area contributed by atoms with E-state index in [1.165, 1.54) is 13.3 Å². The topological polar surface area (TPSA) is 65.2 Å². The fraction of sp³-hybridized carbons (Fsp3) is 0.400. The predicted octanol–water partition coefficient (Wildman–Crippen LogP) is 1.01. The average Bonchev–Trinajstić information content (AvgIpc) is 2.17. The summed E-state index contributed by atoms with van der Waals surface area (Å²) in [6.45, 7) is 1.80. The van der Waals surface area contributed by atoms with E-state index in [1.807, 2.05) is 0 Å². The number of Topliss-reactive ketones (excluding diaryl/α,β-unsaturated/α-hetero) is 1. The van der Waals surface area contributed by atoms with E-state index in [-0.39, 0.29) is 11.8 Å². The Balaban J connectivity index is 2.79. The number of carbonyl (C=O) groups excluding carboxylic acids is 1. The number of rotatable bonds is 4. The number of nitrogens with zero attached hydrogens (tertiary/aromatic N) is 1. The predicted molar refractivity (Wildman–Crippen MR) is 53.4 cm³/mol. The first-order chi connectivity index (χ1) is 6.63. The number of pyridine rings is 1. The molecule has 0 spiro atoms. The Kier molecular flexibility index (Phi) is 3.59. The highest BCUT2D eigenvalue weighted by Gasteiger charge is 2.09. The van der Waals surface area contributed by atoms with Crippen molar-refractivity contribution in [3.05, 3.63) is 24.0 Å². The molecule has 0 amide bonds. The van der Waals surface area contributed by atoms with Crippen molar-refractivity contribution in [2.45, 2.75) is 19.4 Å². The minimum absolute atomic E-state index is 0.00796. The van der Waals surface area contributed by atoms with E-state index in [4.69, 9.17) is 10.5 Å². The smallest absolute Gasteiger partial charge is 0.166 e. The number of hydrogen-bond acceptors (Lipinski definition) is 4. The van der Waals surface area contributed by atoms with E-state index in [1.54, 1.807) is 19.2 Å². The summed E-state index contributed by atoms with van der Waals surface area (Å²) in [5, 5.41) is 0. The fourth-order valence-corrected chi connectivity index (χ4v) is 1.09. The first-order valence-corrected chi connectivity index (χ1v) is 4.41. The summed E-state index contributed by atoms with van der Waals surface area (Å²) in [7, 11) is 1.54. The van der Waals surface area contributed by atoms with Crippen LogP contribution in [-0.2, 0) is 0 Å². The monoisotopic (exact) mass is 194 g/mol. The van der Waals surface area contributed by atoms with E-state index >= 15 is 0 Å². The van der Waals surface area contributed by atoms with Gasteiger partial charge in [0, 0.05) is 24.2 Å². The lowest BCUT2D eigenvalue weighted by Crippen LogP contribution is -2.19. The summed E-state index contributed by atoms with van der Waals surface area (Å²) >= 11 is 0. The van der Waals surface area contributed by atoms with Crippen LogP contribution in [-0.4, -0.2) is 23.9 Å². The average molecular weight is 194 g/mol. The van der Waals surface area contributed by atoms with E-state index < -0.39 is 0 Å². The molecule has 1 heterocycles. The number of ether oxygens (including phenoxy) is 1. The molecule has 1 aromatic heterocycles. The Morgan fingerprint density at radius 3 is 2.93 bits per heavy atom. The van der Waals surface area contributed by atoms with Crippen LogP contribution in [0.3, 0.4) is 0 Å². The summed E-state index contributed by atoms with van der Waals surface area (Å²) in [6, 6.07) is 1.53. The van der Waals surface area contributed by atoms with Gasteiger partial charge in [-0.05, 0) is 13.0 Å². The number of methoxy groups -OCH3 is 1. The Labute approximate surface area is 83.1 Å². The second-order valence-electron chi connectivity index (χ2n) is 3.22. The zero-order chi connectivity index (χ0) is 10.6. The molecule has 0 aromatic carbocycles. The minimum atomic E-state index is -0.131. The summed E-state index contributed by atoms with van der Waals surface area (Å²) in [5.74, 6) is 0.576. The number of ketones is 1. The van der Waals surface area contributed by atoms with Crippen LogP contribution in [0.15, 0.2) is 18.5 Å². The van der Waals surface area contributed by atoms with Gasteiger partial charge in [0.1, 0.15) is 5.75 Å². The molecule has 2 N–H and O–H groups in total. The molecule has 4 nitrogen and oxygen atoms in total. The van der Waals surface area contributed by atoms with Crippen molar-refractivity contribution in [1.29, 1.82) is 0 Å². The Morgan fingerprint density at radius 2 is 2.36 bits per heavy atom. The maximum absolute atomic E-state index is 11.5. The van der Waals surface area contributed by atoms with Crippen LogP contribution in [0.1, 0.15) is 23.7 Å². The van der Waals surface area contributed by atoms with Crippen LogP contribution in [0.25, 0.3) is 0 Å². The Morgan fingerprint density at radius 1 is 1.64 bits per heavy atom. The first-order valence-electron chi connectivity index (χ1n) is 4.41. The summed E-state index contributed by atoms with van der Waals surface area (Å²) in [6.07, 6.45) is 3.41. The van der Waals surface area contributed by atoms with Crippen LogP contribution in [0.4, 0.5) is 0 Å². The molecule has 0 bridgehead atoms. The second kappa shape index (κ2) is 4.72. The molecule has 1 atom stereocenters. The lowest BCUT2D eigenvalue weighted by Gasteiger charge is -2.05. The van der Waals surface area contributed by atoms with Crippen LogP contribution in [0.2, 0.25) is 0 Å². The van der Waals surface area contributed by atoms with Gasteiger partial charge in [-0.2, -0.15) is 0 Å². The van der Waals surface area contributed by atoms with Gasteiger partial charge < -0.3 is 10.5 Å². The molecular weight excluding hydrogens is 180 g/mol. The molecule has 4 heteroatoms. The van der Waals surface area contributed by atoms with Crippen LogP contribution in [0, 0.1) is 0 Å². The van der Waals surface area contributed by atoms with Crippen molar-refractivity contribution < 1.29 is 9.53 Å². The normalized spacial score (nSPS) is 12.2. The molecule has 0 saturated heterocycles. The molecule has 0 radical (unpaired) electrons. The minimum Gasteiger partial charge on any atom is -0.495 e. The van der Waals surface area contributed by atoms with E-state index in [0.29, 0.717) is 17.7 Å². The largest absolute Gasteiger partial charge is 0.495 e. The van der Waals surface area contributed by atoms with Gasteiger partial charge in [0.2, 0.25) is 0 Å². The SMILES string of the molecule is COc1cncc(C(=O)CC(C)N)c1. The van der Waals surface area contributed by atoms with E-state index in [0.717, 1.165) is 0 Å². The highest BCUT2D eigenvalue weighted by molar-refractivity contribution is 5.96. The van der Waals surface area contributed by atoms with Gasteiger partial charge in [-0.1, -0.05) is 0 Å². The first kappa shape index (κ1) is 10.7. The van der Waals surface area contributed by atoms with Crippen molar-refractivity contribution >= 4 is 5.78 Å². The van der Waals surface area contributed by atoms with E-state index in [9.17, 15) is 4.79 Å². The maximum atomic E-state index is 11.5. The van der Waals surface area contributed by atoms with Crippen molar-refractivity contribution in [3.8, 4) is 5.75 Å². The van der Waals surface area contributed by atoms with Gasteiger partial charge in [0.05, 0.1) is 13.3 Å². The number of nitrogens with two attached hydrogens (primary N) is 1. The van der Waals surface area contributed by atoms with Gasteiger partial charge in [-0.3, -0.25) is 9.78 Å². The highest BCUT2D eigenvalue weighted by atomic mass is 16.5. The quantitative estimate of drug-likeness (QED) is 0.726. The number of aromatic nitrogens is 1. The molecule has 1 rings (SSSR count). The Bertz CT molecular complexity index is 324. The molecule has 0 aliphatic rings. The van der Waals surface area contributed by atoms with Gasteiger partial charge >= 0.3 is 0 Å². The molecular formula is C10H14N2O2. The number of carbonyl (C=O) groups is 1. The van der Waals surface area contributed by atoms with Gasteiger partial charge in [-0.15, -0.1) is 0 Å². The van der Waals surface area contributed by atoms with Crippen LogP contribution < -0.4 is 10.5 Å². The summed E-state index contributed by atoms with van der Waals surface area (Å²) < 4.78 is 4.96. The lowest BCUT2D eigenvalue weighted by atomic mass is 10.1. The van der Waals surface area contributed by atoms with Crippen molar-refractivity contribution in [2.75, 3.05) is 7.11 Å². The van der Waals surface area contributed by atoms with Crippen molar-refractivity contribution in [1.82, 2.24) is 4.98 Å². The molecule has 1 aromatic rings.